The van der Waals surface area contributed by atoms with Gasteiger partial charge in [0.05, 0.1) is 6.21 Å². The fourth-order valence-electron chi connectivity index (χ4n) is 1.78. The number of carbonyl (C=O) groups is 1. The van der Waals surface area contributed by atoms with Crippen LogP contribution in [0, 0.1) is 6.92 Å². The molecule has 0 radical (unpaired) electrons. The lowest BCUT2D eigenvalue weighted by molar-refractivity contribution is -0.121. The van der Waals surface area contributed by atoms with E-state index in [4.69, 9.17) is 0 Å². The maximum absolute atomic E-state index is 12.0. The van der Waals surface area contributed by atoms with Crippen LogP contribution in [-0.2, 0) is 4.79 Å². The van der Waals surface area contributed by atoms with Crippen molar-refractivity contribution >= 4 is 33.7 Å². The molecular weight excluding hydrogens is 342 g/mol. The van der Waals surface area contributed by atoms with E-state index in [9.17, 15) is 4.79 Å². The molecule has 1 atom stereocenters. The van der Waals surface area contributed by atoms with Crippen LogP contribution in [0.25, 0.3) is 0 Å². The van der Waals surface area contributed by atoms with Gasteiger partial charge in [0.1, 0.15) is 6.04 Å². The predicted molar refractivity (Wildman–Crippen MR) is 94.1 cm³/mol. The second-order valence-electron chi connectivity index (χ2n) is 5.02. The summed E-state index contributed by atoms with van der Waals surface area (Å²) in [5.74, 6) is -0.186. The van der Waals surface area contributed by atoms with E-state index in [1.807, 2.05) is 55.5 Å². The van der Waals surface area contributed by atoms with Crippen molar-refractivity contribution in [2.75, 3.05) is 5.32 Å². The normalized spacial score (nSPS) is 12.1. The Kier molecular flexibility index (Phi) is 5.72. The van der Waals surface area contributed by atoms with Crippen molar-refractivity contribution in [3.8, 4) is 0 Å². The summed E-state index contributed by atoms with van der Waals surface area (Å²) in [5, 5.41) is 7.10. The Morgan fingerprint density at radius 2 is 1.77 bits per heavy atom. The molecule has 2 aromatic rings. The summed E-state index contributed by atoms with van der Waals surface area (Å²) in [6, 6.07) is 15.2. The first-order chi connectivity index (χ1) is 10.5. The Balaban J connectivity index is 1.85. The average molecular weight is 360 g/mol. The Morgan fingerprint density at radius 3 is 2.41 bits per heavy atom. The Bertz CT molecular complexity index is 651. The summed E-state index contributed by atoms with van der Waals surface area (Å²) in [6.07, 6.45) is 1.61. The smallest absolute Gasteiger partial charge is 0.262 e. The van der Waals surface area contributed by atoms with Crippen molar-refractivity contribution in [1.29, 1.82) is 0 Å². The summed E-state index contributed by atoms with van der Waals surface area (Å²) in [4.78, 5) is 12.0. The molecule has 2 aromatic carbocycles. The van der Waals surface area contributed by atoms with Crippen molar-refractivity contribution in [3.05, 3.63) is 64.1 Å². The molecule has 0 aliphatic carbocycles. The van der Waals surface area contributed by atoms with Crippen LogP contribution in [0.5, 0.6) is 0 Å². The zero-order valence-corrected chi connectivity index (χ0v) is 14.1. The monoisotopic (exact) mass is 359 g/mol. The minimum Gasteiger partial charge on any atom is -0.374 e. The second-order valence-corrected chi connectivity index (χ2v) is 5.93. The van der Waals surface area contributed by atoms with Gasteiger partial charge in [0, 0.05) is 10.2 Å². The summed E-state index contributed by atoms with van der Waals surface area (Å²) < 4.78 is 1.00. The lowest BCUT2D eigenvalue weighted by atomic mass is 10.2. The number of halogens is 1. The van der Waals surface area contributed by atoms with Gasteiger partial charge in [0.25, 0.3) is 5.91 Å². The van der Waals surface area contributed by atoms with E-state index in [0.29, 0.717) is 0 Å². The maximum Gasteiger partial charge on any atom is 0.262 e. The fourth-order valence-corrected chi connectivity index (χ4v) is 2.05. The minimum atomic E-state index is -0.371. The quantitative estimate of drug-likeness (QED) is 0.631. The molecule has 2 rings (SSSR count). The number of carbonyl (C=O) groups excluding carboxylic acids is 1. The van der Waals surface area contributed by atoms with E-state index < -0.39 is 0 Å². The van der Waals surface area contributed by atoms with Gasteiger partial charge >= 0.3 is 0 Å². The molecule has 2 N–H and O–H groups in total. The zero-order chi connectivity index (χ0) is 15.9. The van der Waals surface area contributed by atoms with E-state index in [1.54, 1.807) is 13.1 Å². The van der Waals surface area contributed by atoms with Gasteiger partial charge in [-0.1, -0.05) is 45.8 Å². The molecule has 0 spiro atoms. The average Bonchev–Trinajstić information content (AvgIpc) is 2.51. The Labute approximate surface area is 138 Å². The Hall–Kier alpha value is -2.14. The van der Waals surface area contributed by atoms with E-state index >= 15 is 0 Å². The first-order valence-corrected chi connectivity index (χ1v) is 7.75. The zero-order valence-electron chi connectivity index (χ0n) is 12.5. The molecule has 0 saturated heterocycles. The second kappa shape index (κ2) is 7.75. The molecule has 0 saturated carbocycles. The number of hydrazone groups is 1. The minimum absolute atomic E-state index is 0.186. The standard InChI is InChI=1S/C17H18BrN3O/c1-12-3-9-16(10-4-12)20-13(2)17(22)21-19-11-14-5-7-15(18)8-6-14/h3-11,13,20H,1-2H3,(H,21,22)/b19-11+. The van der Waals surface area contributed by atoms with E-state index in [1.165, 1.54) is 5.56 Å². The third-order valence-corrected chi connectivity index (χ3v) is 3.62. The molecule has 0 bridgehead atoms. The number of aryl methyl sites for hydroxylation is 1. The number of amides is 1. The summed E-state index contributed by atoms with van der Waals surface area (Å²) in [6.45, 7) is 3.82. The topological polar surface area (TPSA) is 53.5 Å². The van der Waals surface area contributed by atoms with Crippen LogP contribution in [0.4, 0.5) is 5.69 Å². The predicted octanol–water partition coefficient (Wildman–Crippen LogP) is 3.71. The van der Waals surface area contributed by atoms with Crippen molar-refractivity contribution in [2.45, 2.75) is 19.9 Å². The lowest BCUT2D eigenvalue weighted by Crippen LogP contribution is -2.34. The fraction of sp³-hybridized carbons (Fsp3) is 0.176. The van der Waals surface area contributed by atoms with Gasteiger partial charge in [-0.25, -0.2) is 5.43 Å². The number of hydrogen-bond donors (Lipinski definition) is 2. The van der Waals surface area contributed by atoms with Crippen LogP contribution in [0.15, 0.2) is 58.1 Å². The number of anilines is 1. The SMILES string of the molecule is Cc1ccc(NC(C)C(=O)N/N=C/c2ccc(Br)cc2)cc1. The molecule has 0 heterocycles. The number of nitrogens with zero attached hydrogens (tertiary/aromatic N) is 1. The first kappa shape index (κ1) is 16.2. The molecule has 0 fully saturated rings. The van der Waals surface area contributed by atoms with Crippen molar-refractivity contribution in [3.63, 3.8) is 0 Å². The van der Waals surface area contributed by atoms with E-state index in [2.05, 4.69) is 31.8 Å². The van der Waals surface area contributed by atoms with Crippen molar-refractivity contribution in [1.82, 2.24) is 5.43 Å². The largest absolute Gasteiger partial charge is 0.374 e. The van der Waals surface area contributed by atoms with Gasteiger partial charge in [-0.3, -0.25) is 4.79 Å². The number of hydrogen-bond acceptors (Lipinski definition) is 3. The molecule has 0 aliphatic heterocycles. The van der Waals surface area contributed by atoms with Gasteiger partial charge < -0.3 is 5.32 Å². The maximum atomic E-state index is 12.0. The van der Waals surface area contributed by atoms with Gasteiger partial charge in [0.15, 0.2) is 0 Å². The highest BCUT2D eigenvalue weighted by Crippen LogP contribution is 2.10. The number of rotatable bonds is 5. The molecule has 22 heavy (non-hydrogen) atoms. The third kappa shape index (κ3) is 5.00. The summed E-state index contributed by atoms with van der Waals surface area (Å²) in [5.41, 5.74) is 5.54. The molecule has 1 amide bonds. The number of benzene rings is 2. The first-order valence-electron chi connectivity index (χ1n) is 6.96. The van der Waals surface area contributed by atoms with Crippen LogP contribution in [0.3, 0.4) is 0 Å². The lowest BCUT2D eigenvalue weighted by Gasteiger charge is -2.13. The Morgan fingerprint density at radius 1 is 1.14 bits per heavy atom. The molecular formula is C17H18BrN3O. The van der Waals surface area contributed by atoms with Gasteiger partial charge in [0.2, 0.25) is 0 Å². The summed E-state index contributed by atoms with van der Waals surface area (Å²) in [7, 11) is 0. The van der Waals surface area contributed by atoms with Crippen LogP contribution in [0.1, 0.15) is 18.1 Å². The number of nitrogens with one attached hydrogen (secondary N) is 2. The van der Waals surface area contributed by atoms with Gasteiger partial charge in [-0.15, -0.1) is 0 Å². The molecule has 1 unspecified atom stereocenters. The van der Waals surface area contributed by atoms with Crippen LogP contribution < -0.4 is 10.7 Å². The highest BCUT2D eigenvalue weighted by molar-refractivity contribution is 9.10. The summed E-state index contributed by atoms with van der Waals surface area (Å²) >= 11 is 3.37. The molecule has 4 nitrogen and oxygen atoms in total. The molecule has 114 valence electrons. The van der Waals surface area contributed by atoms with Crippen LogP contribution in [-0.4, -0.2) is 18.2 Å². The highest BCUT2D eigenvalue weighted by atomic mass is 79.9. The van der Waals surface area contributed by atoms with Crippen molar-refractivity contribution < 1.29 is 4.79 Å². The highest BCUT2D eigenvalue weighted by Gasteiger charge is 2.11. The molecule has 0 aliphatic rings. The molecule has 5 heteroatoms. The van der Waals surface area contributed by atoms with Crippen LogP contribution in [0.2, 0.25) is 0 Å². The van der Waals surface area contributed by atoms with E-state index in [-0.39, 0.29) is 11.9 Å². The third-order valence-electron chi connectivity index (χ3n) is 3.09. The van der Waals surface area contributed by atoms with Crippen molar-refractivity contribution in [2.24, 2.45) is 5.10 Å². The van der Waals surface area contributed by atoms with Gasteiger partial charge in [-0.05, 0) is 43.7 Å². The van der Waals surface area contributed by atoms with Crippen LogP contribution >= 0.6 is 15.9 Å². The molecule has 0 aromatic heterocycles. The van der Waals surface area contributed by atoms with Gasteiger partial charge in [-0.2, -0.15) is 5.10 Å². The van der Waals surface area contributed by atoms with E-state index in [0.717, 1.165) is 15.7 Å².